The standard InChI is InChI=1S/C16H15FO2/c17-15-10-8-14(9-11-15)13-6-4-12(5-7-13)2-1-3-16(18)19/h4-11H,1-3H2,(H,18,19). The Kier molecular flexibility index (Phi) is 4.29. The number of halogens is 1. The summed E-state index contributed by atoms with van der Waals surface area (Å²) < 4.78 is 12.8. The first-order valence-corrected chi connectivity index (χ1v) is 6.22. The number of rotatable bonds is 5. The van der Waals surface area contributed by atoms with E-state index in [2.05, 4.69) is 0 Å². The second-order valence-electron chi connectivity index (χ2n) is 4.45. The van der Waals surface area contributed by atoms with Gasteiger partial charge >= 0.3 is 5.97 Å². The molecular formula is C16H15FO2. The molecule has 1 N–H and O–H groups in total. The van der Waals surface area contributed by atoms with Crippen molar-refractivity contribution in [3.8, 4) is 11.1 Å². The highest BCUT2D eigenvalue weighted by atomic mass is 19.1. The normalized spacial score (nSPS) is 10.4. The highest BCUT2D eigenvalue weighted by Gasteiger charge is 2.00. The van der Waals surface area contributed by atoms with Crippen molar-refractivity contribution < 1.29 is 14.3 Å². The first kappa shape index (κ1) is 13.3. The minimum absolute atomic E-state index is 0.194. The third kappa shape index (κ3) is 3.91. The van der Waals surface area contributed by atoms with Crippen LogP contribution in [0.3, 0.4) is 0 Å². The molecule has 0 aliphatic rings. The molecule has 3 heteroatoms. The van der Waals surface area contributed by atoms with Crippen LogP contribution in [-0.4, -0.2) is 11.1 Å². The van der Waals surface area contributed by atoms with E-state index in [0.29, 0.717) is 6.42 Å². The molecule has 0 aliphatic heterocycles. The Hall–Kier alpha value is -2.16. The van der Waals surface area contributed by atoms with E-state index in [9.17, 15) is 9.18 Å². The second kappa shape index (κ2) is 6.14. The summed E-state index contributed by atoms with van der Waals surface area (Å²) in [5.41, 5.74) is 3.12. The number of benzene rings is 2. The Morgan fingerprint density at radius 1 is 0.947 bits per heavy atom. The zero-order valence-electron chi connectivity index (χ0n) is 10.5. The Bertz CT molecular complexity index is 544. The minimum atomic E-state index is -0.761. The first-order valence-electron chi connectivity index (χ1n) is 6.22. The molecule has 0 spiro atoms. The van der Waals surface area contributed by atoms with Crippen LogP contribution in [0.4, 0.5) is 4.39 Å². The number of carboxylic acid groups (broad SMARTS) is 1. The van der Waals surface area contributed by atoms with Gasteiger partial charge in [0.1, 0.15) is 5.82 Å². The summed E-state index contributed by atoms with van der Waals surface area (Å²) in [5, 5.41) is 8.58. The number of hydrogen-bond acceptors (Lipinski definition) is 1. The van der Waals surface area contributed by atoms with Crippen LogP contribution >= 0.6 is 0 Å². The van der Waals surface area contributed by atoms with Crippen LogP contribution in [0.5, 0.6) is 0 Å². The SMILES string of the molecule is O=C(O)CCCc1ccc(-c2ccc(F)cc2)cc1. The lowest BCUT2D eigenvalue weighted by Gasteiger charge is -2.04. The summed E-state index contributed by atoms with van der Waals surface area (Å²) in [6, 6.07) is 14.3. The van der Waals surface area contributed by atoms with Crippen molar-refractivity contribution in [2.45, 2.75) is 19.3 Å². The van der Waals surface area contributed by atoms with E-state index in [1.807, 2.05) is 24.3 Å². The van der Waals surface area contributed by atoms with Crippen molar-refractivity contribution in [3.05, 3.63) is 59.9 Å². The summed E-state index contributed by atoms with van der Waals surface area (Å²) in [5.74, 6) is -1.00. The highest BCUT2D eigenvalue weighted by molar-refractivity contribution is 5.66. The molecule has 0 amide bonds. The molecule has 2 rings (SSSR count). The fourth-order valence-corrected chi connectivity index (χ4v) is 1.95. The molecule has 0 bridgehead atoms. The monoisotopic (exact) mass is 258 g/mol. The molecule has 0 saturated heterocycles. The maximum Gasteiger partial charge on any atom is 0.303 e. The van der Waals surface area contributed by atoms with Crippen LogP contribution < -0.4 is 0 Å². The van der Waals surface area contributed by atoms with E-state index >= 15 is 0 Å². The fraction of sp³-hybridized carbons (Fsp3) is 0.188. The Morgan fingerprint density at radius 2 is 1.47 bits per heavy atom. The lowest BCUT2D eigenvalue weighted by Crippen LogP contribution is -1.95. The minimum Gasteiger partial charge on any atom is -0.481 e. The largest absolute Gasteiger partial charge is 0.481 e. The van der Waals surface area contributed by atoms with Crippen molar-refractivity contribution in [1.29, 1.82) is 0 Å². The third-order valence-electron chi connectivity index (χ3n) is 2.99. The predicted octanol–water partition coefficient (Wildman–Crippen LogP) is 3.90. The summed E-state index contributed by atoms with van der Waals surface area (Å²) in [6.07, 6.45) is 1.60. The molecule has 0 atom stereocenters. The van der Waals surface area contributed by atoms with Crippen molar-refractivity contribution >= 4 is 5.97 Å². The van der Waals surface area contributed by atoms with Crippen LogP contribution in [0.15, 0.2) is 48.5 Å². The molecule has 0 radical (unpaired) electrons. The molecule has 2 aromatic rings. The average molecular weight is 258 g/mol. The molecular weight excluding hydrogens is 243 g/mol. The van der Waals surface area contributed by atoms with Gasteiger partial charge in [-0.3, -0.25) is 4.79 Å². The third-order valence-corrected chi connectivity index (χ3v) is 2.99. The van der Waals surface area contributed by atoms with Crippen LogP contribution in [0.2, 0.25) is 0 Å². The van der Waals surface area contributed by atoms with E-state index in [1.165, 1.54) is 12.1 Å². The topological polar surface area (TPSA) is 37.3 Å². The molecule has 98 valence electrons. The Morgan fingerprint density at radius 3 is 2.00 bits per heavy atom. The summed E-state index contributed by atoms with van der Waals surface area (Å²) >= 11 is 0. The van der Waals surface area contributed by atoms with Gasteiger partial charge in [-0.25, -0.2) is 4.39 Å². The number of carbonyl (C=O) groups is 1. The predicted molar refractivity (Wildman–Crippen MR) is 72.4 cm³/mol. The maximum absolute atomic E-state index is 12.8. The van der Waals surface area contributed by atoms with Crippen molar-refractivity contribution in [2.75, 3.05) is 0 Å². The van der Waals surface area contributed by atoms with Gasteiger partial charge in [-0.05, 0) is 41.7 Å². The van der Waals surface area contributed by atoms with Crippen LogP contribution in [-0.2, 0) is 11.2 Å². The quantitative estimate of drug-likeness (QED) is 0.883. The summed E-state index contributed by atoms with van der Waals surface area (Å²) in [6.45, 7) is 0. The molecule has 0 saturated carbocycles. The maximum atomic E-state index is 12.8. The van der Waals surface area contributed by atoms with Gasteiger partial charge in [0.2, 0.25) is 0 Å². The van der Waals surface area contributed by atoms with Crippen molar-refractivity contribution in [1.82, 2.24) is 0 Å². The smallest absolute Gasteiger partial charge is 0.303 e. The number of aliphatic carboxylic acids is 1. The molecule has 0 aromatic heterocycles. The second-order valence-corrected chi connectivity index (χ2v) is 4.45. The molecule has 0 fully saturated rings. The van der Waals surface area contributed by atoms with E-state index in [4.69, 9.17) is 5.11 Å². The molecule has 19 heavy (non-hydrogen) atoms. The molecule has 2 nitrogen and oxygen atoms in total. The van der Waals surface area contributed by atoms with Gasteiger partial charge < -0.3 is 5.11 Å². The highest BCUT2D eigenvalue weighted by Crippen LogP contribution is 2.20. The van der Waals surface area contributed by atoms with E-state index in [-0.39, 0.29) is 12.2 Å². The van der Waals surface area contributed by atoms with Gasteiger partial charge in [-0.1, -0.05) is 36.4 Å². The van der Waals surface area contributed by atoms with Gasteiger partial charge in [0.05, 0.1) is 0 Å². The van der Waals surface area contributed by atoms with E-state index < -0.39 is 5.97 Å². The first-order chi connectivity index (χ1) is 9.15. The van der Waals surface area contributed by atoms with E-state index in [0.717, 1.165) is 23.1 Å². The molecule has 0 heterocycles. The van der Waals surface area contributed by atoms with Crippen LogP contribution in [0.1, 0.15) is 18.4 Å². The Balaban J connectivity index is 2.02. The van der Waals surface area contributed by atoms with Crippen molar-refractivity contribution in [2.24, 2.45) is 0 Å². The number of hydrogen-bond donors (Lipinski definition) is 1. The van der Waals surface area contributed by atoms with Gasteiger partial charge in [-0.15, -0.1) is 0 Å². The van der Waals surface area contributed by atoms with Gasteiger partial charge in [0, 0.05) is 6.42 Å². The van der Waals surface area contributed by atoms with Crippen LogP contribution in [0.25, 0.3) is 11.1 Å². The average Bonchev–Trinajstić information content (AvgIpc) is 2.40. The zero-order valence-corrected chi connectivity index (χ0v) is 10.5. The Labute approximate surface area is 111 Å². The number of aryl methyl sites for hydroxylation is 1. The lowest BCUT2D eigenvalue weighted by molar-refractivity contribution is -0.137. The van der Waals surface area contributed by atoms with Crippen LogP contribution in [0, 0.1) is 5.82 Å². The summed E-state index contributed by atoms with van der Waals surface area (Å²) in [7, 11) is 0. The zero-order chi connectivity index (χ0) is 13.7. The van der Waals surface area contributed by atoms with Crippen molar-refractivity contribution in [3.63, 3.8) is 0 Å². The van der Waals surface area contributed by atoms with E-state index in [1.54, 1.807) is 12.1 Å². The molecule has 2 aromatic carbocycles. The number of carboxylic acids is 1. The lowest BCUT2D eigenvalue weighted by atomic mass is 10.0. The summed E-state index contributed by atoms with van der Waals surface area (Å²) in [4.78, 5) is 10.4. The van der Waals surface area contributed by atoms with Gasteiger partial charge in [0.15, 0.2) is 0 Å². The molecule has 0 aliphatic carbocycles. The van der Waals surface area contributed by atoms with Gasteiger partial charge in [0.25, 0.3) is 0 Å². The molecule has 0 unspecified atom stereocenters. The fourth-order valence-electron chi connectivity index (χ4n) is 1.95. The van der Waals surface area contributed by atoms with Gasteiger partial charge in [-0.2, -0.15) is 0 Å².